The van der Waals surface area contributed by atoms with Crippen LogP contribution in [0.3, 0.4) is 0 Å². The van der Waals surface area contributed by atoms with Gasteiger partial charge in [-0.05, 0) is 34.1 Å². The zero-order valence-corrected chi connectivity index (χ0v) is 11.6. The van der Waals surface area contributed by atoms with Crippen molar-refractivity contribution >= 4 is 31.5 Å². The number of nitrogens with one attached hydrogen (secondary N) is 1. The van der Waals surface area contributed by atoms with Gasteiger partial charge in [0.15, 0.2) is 9.84 Å². The van der Waals surface area contributed by atoms with Gasteiger partial charge in [0.1, 0.15) is 0 Å². The Morgan fingerprint density at radius 3 is 2.59 bits per heavy atom. The summed E-state index contributed by atoms with van der Waals surface area (Å²) in [5, 5.41) is 20.7. The summed E-state index contributed by atoms with van der Waals surface area (Å²) in [5.74, 6) is 0. The lowest BCUT2D eigenvalue weighted by Crippen LogP contribution is -2.23. The number of hydrogen-bond donors (Lipinski definition) is 3. The number of rotatable bonds is 5. The van der Waals surface area contributed by atoms with Gasteiger partial charge in [-0.1, -0.05) is 0 Å². The minimum atomic E-state index is -3.23. The van der Waals surface area contributed by atoms with Crippen LogP contribution in [-0.2, 0) is 9.84 Å². The third-order valence-electron chi connectivity index (χ3n) is 2.11. The number of hydrogen-bond acceptors (Lipinski definition) is 5. The van der Waals surface area contributed by atoms with Gasteiger partial charge in [-0.15, -0.1) is 0 Å². The van der Waals surface area contributed by atoms with E-state index in [-0.39, 0.29) is 18.0 Å². The van der Waals surface area contributed by atoms with Crippen molar-refractivity contribution < 1.29 is 18.6 Å². The number of halogens is 1. The summed E-state index contributed by atoms with van der Waals surface area (Å²) in [6, 6.07) is 4.57. The van der Waals surface area contributed by atoms with Crippen molar-refractivity contribution in [2.45, 2.75) is 11.0 Å². The second-order valence-corrected chi connectivity index (χ2v) is 6.50. The van der Waals surface area contributed by atoms with E-state index in [0.717, 1.165) is 6.26 Å². The van der Waals surface area contributed by atoms with Crippen LogP contribution in [0.4, 0.5) is 5.69 Å². The van der Waals surface area contributed by atoms with E-state index in [2.05, 4.69) is 21.2 Å². The third-order valence-corrected chi connectivity index (χ3v) is 3.87. The number of anilines is 1. The van der Waals surface area contributed by atoms with E-state index in [1.807, 2.05) is 0 Å². The Morgan fingerprint density at radius 1 is 1.47 bits per heavy atom. The van der Waals surface area contributed by atoms with Crippen molar-refractivity contribution in [1.82, 2.24) is 0 Å². The van der Waals surface area contributed by atoms with Crippen LogP contribution in [0.5, 0.6) is 0 Å². The molecule has 0 fully saturated rings. The summed E-state index contributed by atoms with van der Waals surface area (Å²) in [6.45, 7) is -0.140. The van der Waals surface area contributed by atoms with Crippen molar-refractivity contribution in [3.8, 4) is 0 Å². The van der Waals surface area contributed by atoms with Crippen molar-refractivity contribution in [3.05, 3.63) is 22.7 Å². The molecule has 1 aromatic carbocycles. The van der Waals surface area contributed by atoms with Gasteiger partial charge >= 0.3 is 0 Å². The number of sulfone groups is 1. The normalized spacial score (nSPS) is 13.4. The molecule has 1 atom stereocenters. The molecule has 0 aliphatic heterocycles. The van der Waals surface area contributed by atoms with Gasteiger partial charge in [0.25, 0.3) is 0 Å². The molecular weight excluding hydrogens is 310 g/mol. The Labute approximate surface area is 109 Å². The molecule has 0 saturated carbocycles. The molecule has 0 aromatic heterocycles. The SMILES string of the molecule is CS(=O)(=O)c1ccc(NCC(O)CO)c(Br)c1. The molecule has 17 heavy (non-hydrogen) atoms. The maximum Gasteiger partial charge on any atom is 0.175 e. The number of benzene rings is 1. The lowest BCUT2D eigenvalue weighted by molar-refractivity contribution is 0.105. The molecule has 0 bridgehead atoms. The Morgan fingerprint density at radius 2 is 2.12 bits per heavy atom. The van der Waals surface area contributed by atoms with Crippen molar-refractivity contribution in [3.63, 3.8) is 0 Å². The van der Waals surface area contributed by atoms with E-state index in [1.165, 1.54) is 12.1 Å². The highest BCUT2D eigenvalue weighted by Crippen LogP contribution is 2.25. The maximum absolute atomic E-state index is 11.3. The van der Waals surface area contributed by atoms with E-state index in [9.17, 15) is 13.5 Å². The van der Waals surface area contributed by atoms with Crippen LogP contribution < -0.4 is 5.32 Å². The summed E-state index contributed by atoms with van der Waals surface area (Å²) in [7, 11) is -3.23. The fraction of sp³-hybridized carbons (Fsp3) is 0.400. The Balaban J connectivity index is 2.84. The first-order valence-electron chi connectivity index (χ1n) is 4.87. The Bertz CT molecular complexity index is 489. The predicted octanol–water partition coefficient (Wildman–Crippen LogP) is 0.618. The van der Waals surface area contributed by atoms with Gasteiger partial charge in [-0.2, -0.15) is 0 Å². The number of aliphatic hydroxyl groups excluding tert-OH is 2. The zero-order valence-electron chi connectivity index (χ0n) is 9.22. The van der Waals surface area contributed by atoms with Gasteiger partial charge in [0.2, 0.25) is 0 Å². The molecule has 3 N–H and O–H groups in total. The topological polar surface area (TPSA) is 86.6 Å². The minimum Gasteiger partial charge on any atom is -0.394 e. The number of aliphatic hydroxyl groups is 2. The fourth-order valence-electron chi connectivity index (χ4n) is 1.16. The first kappa shape index (κ1) is 14.4. The lowest BCUT2D eigenvalue weighted by Gasteiger charge is -2.12. The quantitative estimate of drug-likeness (QED) is 0.739. The van der Waals surface area contributed by atoms with Crippen LogP contribution in [0, 0.1) is 0 Å². The highest BCUT2D eigenvalue weighted by Gasteiger charge is 2.10. The standard InChI is InChI=1S/C10H14BrNO4S/c1-17(15,16)8-2-3-10(9(11)4-8)12-5-7(14)6-13/h2-4,7,12-14H,5-6H2,1H3. The molecular formula is C10H14BrNO4S. The minimum absolute atomic E-state index is 0.188. The van der Waals surface area contributed by atoms with Crippen LogP contribution >= 0.6 is 15.9 Å². The molecule has 0 heterocycles. The molecule has 5 nitrogen and oxygen atoms in total. The van der Waals surface area contributed by atoms with Crippen LogP contribution in [0.15, 0.2) is 27.6 Å². The average molecular weight is 324 g/mol. The molecule has 1 aromatic rings. The van der Waals surface area contributed by atoms with E-state index < -0.39 is 15.9 Å². The summed E-state index contributed by atoms with van der Waals surface area (Å²) < 4.78 is 23.2. The predicted molar refractivity (Wildman–Crippen MR) is 68.8 cm³/mol. The zero-order chi connectivity index (χ0) is 13.1. The van der Waals surface area contributed by atoms with Crippen molar-refractivity contribution in [2.24, 2.45) is 0 Å². The van der Waals surface area contributed by atoms with Crippen LogP contribution in [0.1, 0.15) is 0 Å². The van der Waals surface area contributed by atoms with E-state index >= 15 is 0 Å². The molecule has 0 spiro atoms. The second-order valence-electron chi connectivity index (χ2n) is 3.63. The van der Waals surface area contributed by atoms with Gasteiger partial charge in [-0.25, -0.2) is 8.42 Å². The Kier molecular flexibility index (Phi) is 4.93. The van der Waals surface area contributed by atoms with Gasteiger partial charge in [-0.3, -0.25) is 0 Å². The molecule has 0 aliphatic carbocycles. The van der Waals surface area contributed by atoms with E-state index in [0.29, 0.717) is 10.2 Å². The Hall–Kier alpha value is -0.630. The molecule has 1 unspecified atom stereocenters. The fourth-order valence-corrected chi connectivity index (χ4v) is 2.48. The summed E-state index contributed by atoms with van der Waals surface area (Å²) in [5.41, 5.74) is 0.657. The molecule has 1 rings (SSSR count). The molecule has 0 saturated heterocycles. The van der Waals surface area contributed by atoms with Crippen LogP contribution in [0.25, 0.3) is 0 Å². The second kappa shape index (κ2) is 5.81. The first-order valence-corrected chi connectivity index (χ1v) is 7.55. The maximum atomic E-state index is 11.3. The van der Waals surface area contributed by atoms with Crippen LogP contribution in [0.2, 0.25) is 0 Å². The largest absolute Gasteiger partial charge is 0.394 e. The molecule has 0 amide bonds. The average Bonchev–Trinajstić information content (AvgIpc) is 2.25. The molecule has 0 aliphatic rings. The van der Waals surface area contributed by atoms with Crippen molar-refractivity contribution in [2.75, 3.05) is 24.7 Å². The van der Waals surface area contributed by atoms with Gasteiger partial charge < -0.3 is 15.5 Å². The first-order chi connectivity index (χ1) is 7.84. The monoisotopic (exact) mass is 323 g/mol. The van der Waals surface area contributed by atoms with Gasteiger partial charge in [0.05, 0.1) is 17.6 Å². The highest BCUT2D eigenvalue weighted by atomic mass is 79.9. The van der Waals surface area contributed by atoms with E-state index in [1.54, 1.807) is 6.07 Å². The highest BCUT2D eigenvalue weighted by molar-refractivity contribution is 9.10. The van der Waals surface area contributed by atoms with E-state index in [4.69, 9.17) is 5.11 Å². The summed E-state index contributed by atoms with van der Waals surface area (Å²) in [6.07, 6.45) is 0.286. The summed E-state index contributed by atoms with van der Waals surface area (Å²) in [4.78, 5) is 0.220. The lowest BCUT2D eigenvalue weighted by atomic mass is 10.3. The summed E-state index contributed by atoms with van der Waals surface area (Å²) >= 11 is 3.24. The molecule has 96 valence electrons. The third kappa shape index (κ3) is 4.27. The molecule has 0 radical (unpaired) electrons. The smallest absolute Gasteiger partial charge is 0.175 e. The van der Waals surface area contributed by atoms with Crippen LogP contribution in [-0.4, -0.2) is 44.1 Å². The van der Waals surface area contributed by atoms with Crippen molar-refractivity contribution in [1.29, 1.82) is 0 Å². The van der Waals surface area contributed by atoms with Gasteiger partial charge in [0, 0.05) is 23.0 Å². The molecule has 7 heteroatoms.